The maximum absolute atomic E-state index is 11.7. The first-order chi connectivity index (χ1) is 9.61. The average Bonchev–Trinajstić information content (AvgIpc) is 2.80. The number of amides is 1. The van der Waals surface area contributed by atoms with E-state index in [1.54, 1.807) is 0 Å². The summed E-state index contributed by atoms with van der Waals surface area (Å²) in [5, 5.41) is 15.2. The summed E-state index contributed by atoms with van der Waals surface area (Å²) >= 11 is 0. The van der Waals surface area contributed by atoms with E-state index >= 15 is 0 Å². The van der Waals surface area contributed by atoms with Gasteiger partial charge >= 0.3 is 5.97 Å². The van der Waals surface area contributed by atoms with Gasteiger partial charge in [-0.15, -0.1) is 0 Å². The lowest BCUT2D eigenvalue weighted by Gasteiger charge is -2.02. The molecule has 0 spiro atoms. The van der Waals surface area contributed by atoms with E-state index in [1.807, 2.05) is 0 Å². The third kappa shape index (κ3) is 6.92. The van der Waals surface area contributed by atoms with E-state index in [1.165, 1.54) is 42.8 Å². The van der Waals surface area contributed by atoms with Gasteiger partial charge in [-0.05, 0) is 6.42 Å². The van der Waals surface area contributed by atoms with Gasteiger partial charge in [-0.1, -0.05) is 39.0 Å². The molecule has 1 heterocycles. The van der Waals surface area contributed by atoms with Crippen molar-refractivity contribution >= 4 is 17.6 Å². The SMILES string of the molecule is CCCCCCCCC(=O)Nc1cnn(CC(=O)O)c1. The molecule has 1 amide bonds. The summed E-state index contributed by atoms with van der Waals surface area (Å²) in [5.41, 5.74) is 0.544. The van der Waals surface area contributed by atoms with E-state index in [0.29, 0.717) is 12.1 Å². The van der Waals surface area contributed by atoms with Crippen molar-refractivity contribution in [1.82, 2.24) is 9.78 Å². The number of anilines is 1. The number of carboxylic acid groups (broad SMARTS) is 1. The monoisotopic (exact) mass is 281 g/mol. The van der Waals surface area contributed by atoms with Crippen LogP contribution < -0.4 is 5.32 Å². The molecule has 1 aromatic rings. The first kappa shape index (κ1) is 16.2. The molecule has 0 saturated heterocycles. The topological polar surface area (TPSA) is 84.2 Å². The molecule has 0 saturated carbocycles. The van der Waals surface area contributed by atoms with Crippen LogP contribution in [0.4, 0.5) is 5.69 Å². The van der Waals surface area contributed by atoms with Crippen molar-refractivity contribution in [1.29, 1.82) is 0 Å². The molecule has 20 heavy (non-hydrogen) atoms. The van der Waals surface area contributed by atoms with Crippen molar-refractivity contribution in [2.45, 2.75) is 58.4 Å². The van der Waals surface area contributed by atoms with Gasteiger partial charge in [-0.2, -0.15) is 5.10 Å². The molecule has 2 N–H and O–H groups in total. The summed E-state index contributed by atoms with van der Waals surface area (Å²) in [5.74, 6) is -1.01. The average molecular weight is 281 g/mol. The van der Waals surface area contributed by atoms with Gasteiger partial charge in [0, 0.05) is 12.6 Å². The van der Waals surface area contributed by atoms with Crippen LogP contribution in [0.25, 0.3) is 0 Å². The van der Waals surface area contributed by atoms with Crippen LogP contribution in [0.2, 0.25) is 0 Å². The van der Waals surface area contributed by atoms with Crippen LogP contribution in [0, 0.1) is 0 Å². The first-order valence-electron chi connectivity index (χ1n) is 7.16. The van der Waals surface area contributed by atoms with Gasteiger partial charge in [0.25, 0.3) is 0 Å². The zero-order valence-electron chi connectivity index (χ0n) is 12.0. The summed E-state index contributed by atoms with van der Waals surface area (Å²) in [6, 6.07) is 0. The minimum atomic E-state index is -0.960. The van der Waals surface area contributed by atoms with E-state index < -0.39 is 5.97 Å². The van der Waals surface area contributed by atoms with E-state index in [9.17, 15) is 9.59 Å². The number of aromatic nitrogens is 2. The van der Waals surface area contributed by atoms with Gasteiger partial charge in [0.15, 0.2) is 0 Å². The number of rotatable bonds is 10. The molecule has 0 bridgehead atoms. The lowest BCUT2D eigenvalue weighted by molar-refractivity contribution is -0.137. The standard InChI is InChI=1S/C14H23N3O3/c1-2-3-4-5-6-7-8-13(18)16-12-9-15-17(10-12)11-14(19)20/h9-10H,2-8,11H2,1H3,(H,16,18)(H,19,20). The smallest absolute Gasteiger partial charge is 0.325 e. The van der Waals surface area contributed by atoms with Gasteiger partial charge < -0.3 is 10.4 Å². The maximum Gasteiger partial charge on any atom is 0.325 e. The molecule has 0 atom stereocenters. The molecule has 1 aromatic heterocycles. The Balaban J connectivity index is 2.18. The Morgan fingerprint density at radius 1 is 1.25 bits per heavy atom. The van der Waals surface area contributed by atoms with Crippen molar-refractivity contribution in [2.24, 2.45) is 0 Å². The second-order valence-corrected chi connectivity index (χ2v) is 4.89. The Morgan fingerprint density at radius 3 is 2.65 bits per heavy atom. The summed E-state index contributed by atoms with van der Waals surface area (Å²) < 4.78 is 1.28. The molecule has 0 aromatic carbocycles. The molecule has 0 aliphatic carbocycles. The van der Waals surface area contributed by atoms with E-state index in [-0.39, 0.29) is 12.5 Å². The Morgan fingerprint density at radius 2 is 1.95 bits per heavy atom. The highest BCUT2D eigenvalue weighted by molar-refractivity contribution is 5.90. The zero-order chi connectivity index (χ0) is 14.8. The van der Waals surface area contributed by atoms with Gasteiger partial charge in [0.2, 0.25) is 5.91 Å². The Hall–Kier alpha value is -1.85. The molecular weight excluding hydrogens is 258 g/mol. The number of nitrogens with one attached hydrogen (secondary N) is 1. The van der Waals surface area contributed by atoms with Crippen LogP contribution in [0.15, 0.2) is 12.4 Å². The zero-order valence-corrected chi connectivity index (χ0v) is 12.0. The van der Waals surface area contributed by atoms with Gasteiger partial charge in [-0.25, -0.2) is 0 Å². The molecule has 112 valence electrons. The Bertz CT molecular complexity index is 429. The minimum absolute atomic E-state index is 0.0460. The predicted molar refractivity (Wildman–Crippen MR) is 76.5 cm³/mol. The molecule has 0 aliphatic heterocycles. The van der Waals surface area contributed by atoms with Crippen molar-refractivity contribution in [3.63, 3.8) is 0 Å². The highest BCUT2D eigenvalue weighted by atomic mass is 16.4. The molecule has 0 aliphatic rings. The summed E-state index contributed by atoms with van der Waals surface area (Å²) in [6.07, 6.45) is 10.3. The van der Waals surface area contributed by atoms with Crippen LogP contribution in [0.5, 0.6) is 0 Å². The van der Waals surface area contributed by atoms with Gasteiger partial charge in [-0.3, -0.25) is 14.3 Å². The number of nitrogens with zero attached hydrogens (tertiary/aromatic N) is 2. The fraction of sp³-hybridized carbons (Fsp3) is 0.643. The third-order valence-electron chi connectivity index (χ3n) is 2.97. The number of carboxylic acids is 1. The predicted octanol–water partition coefficient (Wildman–Crippen LogP) is 2.66. The van der Waals surface area contributed by atoms with Crippen LogP contribution in [0.1, 0.15) is 51.9 Å². The summed E-state index contributed by atoms with van der Waals surface area (Å²) in [7, 11) is 0. The number of carbonyl (C=O) groups is 2. The molecule has 0 fully saturated rings. The van der Waals surface area contributed by atoms with Crippen molar-refractivity contribution in [3.8, 4) is 0 Å². The Kier molecular flexibility index (Phi) is 7.39. The number of hydrogen-bond donors (Lipinski definition) is 2. The van der Waals surface area contributed by atoms with Crippen molar-refractivity contribution in [2.75, 3.05) is 5.32 Å². The fourth-order valence-corrected chi connectivity index (χ4v) is 1.94. The quantitative estimate of drug-likeness (QED) is 0.646. The van der Waals surface area contributed by atoms with Crippen LogP contribution >= 0.6 is 0 Å². The van der Waals surface area contributed by atoms with Gasteiger partial charge in [0.05, 0.1) is 11.9 Å². The normalized spacial score (nSPS) is 10.4. The van der Waals surface area contributed by atoms with Gasteiger partial charge in [0.1, 0.15) is 6.54 Å². The van der Waals surface area contributed by atoms with E-state index in [0.717, 1.165) is 12.8 Å². The van der Waals surface area contributed by atoms with Crippen molar-refractivity contribution in [3.05, 3.63) is 12.4 Å². The second-order valence-electron chi connectivity index (χ2n) is 4.89. The molecule has 6 nitrogen and oxygen atoms in total. The number of aliphatic carboxylic acids is 1. The number of unbranched alkanes of at least 4 members (excludes halogenated alkanes) is 5. The van der Waals surface area contributed by atoms with E-state index in [2.05, 4.69) is 17.3 Å². The second kappa shape index (κ2) is 9.12. The molecule has 0 radical (unpaired) electrons. The fourth-order valence-electron chi connectivity index (χ4n) is 1.94. The molecular formula is C14H23N3O3. The summed E-state index contributed by atoms with van der Waals surface area (Å²) in [6.45, 7) is 1.98. The van der Waals surface area contributed by atoms with Crippen LogP contribution in [-0.4, -0.2) is 26.8 Å². The van der Waals surface area contributed by atoms with Crippen LogP contribution in [0.3, 0.4) is 0 Å². The lowest BCUT2D eigenvalue weighted by Crippen LogP contribution is -2.11. The molecule has 6 heteroatoms. The first-order valence-corrected chi connectivity index (χ1v) is 7.16. The Labute approximate surface area is 119 Å². The summed E-state index contributed by atoms with van der Waals surface area (Å²) in [4.78, 5) is 22.2. The number of carbonyl (C=O) groups excluding carboxylic acids is 1. The maximum atomic E-state index is 11.7. The van der Waals surface area contributed by atoms with E-state index in [4.69, 9.17) is 5.11 Å². The third-order valence-corrected chi connectivity index (χ3v) is 2.97. The number of hydrogen-bond acceptors (Lipinski definition) is 3. The highest BCUT2D eigenvalue weighted by Gasteiger charge is 2.06. The van der Waals surface area contributed by atoms with Crippen LogP contribution in [-0.2, 0) is 16.1 Å². The largest absolute Gasteiger partial charge is 0.480 e. The molecule has 1 rings (SSSR count). The minimum Gasteiger partial charge on any atom is -0.480 e. The highest BCUT2D eigenvalue weighted by Crippen LogP contribution is 2.09. The molecule has 0 unspecified atom stereocenters. The van der Waals surface area contributed by atoms with Crippen molar-refractivity contribution < 1.29 is 14.7 Å². The lowest BCUT2D eigenvalue weighted by atomic mass is 10.1.